The number of ether oxygens (including phenoxy) is 1. The smallest absolute Gasteiger partial charge is 0.124 e. The molecule has 0 radical (unpaired) electrons. The Labute approximate surface area is 159 Å². The van der Waals surface area contributed by atoms with Crippen molar-refractivity contribution in [3.63, 3.8) is 0 Å². The van der Waals surface area contributed by atoms with Crippen LogP contribution < -0.4 is 10.1 Å². The van der Waals surface area contributed by atoms with Crippen LogP contribution in [0.1, 0.15) is 37.3 Å². The maximum atomic E-state index is 6.19. The van der Waals surface area contributed by atoms with Crippen molar-refractivity contribution < 1.29 is 4.74 Å². The van der Waals surface area contributed by atoms with Crippen molar-refractivity contribution in [1.29, 1.82) is 0 Å². The van der Waals surface area contributed by atoms with E-state index in [4.69, 9.17) is 39.5 Å². The zero-order valence-electron chi connectivity index (χ0n) is 13.7. The van der Waals surface area contributed by atoms with Gasteiger partial charge >= 0.3 is 0 Å². The summed E-state index contributed by atoms with van der Waals surface area (Å²) < 4.78 is 5.95. The normalized spacial score (nSPS) is 10.8. The van der Waals surface area contributed by atoms with Crippen molar-refractivity contribution >= 4 is 34.8 Å². The first-order valence-electron chi connectivity index (χ1n) is 8.16. The number of hydrogen-bond acceptors (Lipinski definition) is 2. The van der Waals surface area contributed by atoms with Crippen molar-refractivity contribution in [2.45, 2.75) is 39.3 Å². The van der Waals surface area contributed by atoms with E-state index in [0.717, 1.165) is 30.0 Å². The number of benzene rings is 2. The third kappa shape index (κ3) is 5.86. The van der Waals surface area contributed by atoms with Gasteiger partial charge in [-0.1, -0.05) is 60.6 Å². The maximum Gasteiger partial charge on any atom is 0.124 e. The van der Waals surface area contributed by atoms with Crippen LogP contribution in [0.15, 0.2) is 36.4 Å². The monoisotopic (exact) mass is 385 g/mol. The van der Waals surface area contributed by atoms with Crippen LogP contribution in [0.25, 0.3) is 0 Å². The van der Waals surface area contributed by atoms with Crippen molar-refractivity contribution in [2.75, 3.05) is 6.54 Å². The minimum absolute atomic E-state index is 0.322. The first-order chi connectivity index (χ1) is 11.6. The van der Waals surface area contributed by atoms with Gasteiger partial charge in [0.25, 0.3) is 0 Å². The van der Waals surface area contributed by atoms with Crippen molar-refractivity contribution in [3.05, 3.63) is 62.6 Å². The number of hydrogen-bond donors (Lipinski definition) is 1. The predicted octanol–water partition coefficient (Wildman–Crippen LogP) is 6.51. The maximum absolute atomic E-state index is 6.19. The molecule has 0 saturated carbocycles. The van der Waals surface area contributed by atoms with Gasteiger partial charge in [0.05, 0.1) is 0 Å². The second kappa shape index (κ2) is 10.1. The molecule has 0 heterocycles. The SMILES string of the molecule is CCCCCNCc1cc(Cl)ccc1OCc1c(Cl)cccc1Cl. The van der Waals surface area contributed by atoms with Gasteiger partial charge in [-0.2, -0.15) is 0 Å². The van der Waals surface area contributed by atoms with E-state index in [1.807, 2.05) is 36.4 Å². The van der Waals surface area contributed by atoms with Crippen LogP contribution in [-0.2, 0) is 13.2 Å². The van der Waals surface area contributed by atoms with Crippen LogP contribution in [0.2, 0.25) is 15.1 Å². The lowest BCUT2D eigenvalue weighted by atomic mass is 10.2. The lowest BCUT2D eigenvalue weighted by Gasteiger charge is -2.14. The molecule has 0 amide bonds. The van der Waals surface area contributed by atoms with Crippen LogP contribution in [0.4, 0.5) is 0 Å². The topological polar surface area (TPSA) is 21.3 Å². The molecule has 0 unspecified atom stereocenters. The second-order valence-corrected chi connectivity index (χ2v) is 6.88. The molecule has 2 aromatic rings. The van der Waals surface area contributed by atoms with Crippen LogP contribution in [0.3, 0.4) is 0 Å². The van der Waals surface area contributed by atoms with E-state index in [1.54, 1.807) is 0 Å². The average molecular weight is 387 g/mol. The molecular formula is C19H22Cl3NO. The Morgan fingerprint density at radius 2 is 1.75 bits per heavy atom. The Balaban J connectivity index is 2.01. The zero-order chi connectivity index (χ0) is 17.4. The van der Waals surface area contributed by atoms with Crippen molar-refractivity contribution in [3.8, 4) is 5.75 Å². The highest BCUT2D eigenvalue weighted by Gasteiger charge is 2.09. The molecule has 130 valence electrons. The van der Waals surface area contributed by atoms with Gasteiger partial charge in [0, 0.05) is 32.7 Å². The molecule has 5 heteroatoms. The van der Waals surface area contributed by atoms with E-state index in [1.165, 1.54) is 19.3 Å². The van der Waals surface area contributed by atoms with E-state index in [-0.39, 0.29) is 0 Å². The fourth-order valence-corrected chi connectivity index (χ4v) is 3.07. The molecule has 2 rings (SSSR count). The molecule has 0 aliphatic carbocycles. The third-order valence-corrected chi connectivity index (χ3v) is 4.67. The molecule has 0 aliphatic heterocycles. The lowest BCUT2D eigenvalue weighted by molar-refractivity contribution is 0.302. The Kier molecular flexibility index (Phi) is 8.20. The highest BCUT2D eigenvalue weighted by Crippen LogP contribution is 2.28. The van der Waals surface area contributed by atoms with E-state index in [9.17, 15) is 0 Å². The predicted molar refractivity (Wildman–Crippen MR) is 103 cm³/mol. The lowest BCUT2D eigenvalue weighted by Crippen LogP contribution is -2.15. The first-order valence-corrected chi connectivity index (χ1v) is 9.30. The molecular weight excluding hydrogens is 365 g/mol. The van der Waals surface area contributed by atoms with Crippen molar-refractivity contribution in [1.82, 2.24) is 5.32 Å². The highest BCUT2D eigenvalue weighted by molar-refractivity contribution is 6.36. The van der Waals surface area contributed by atoms with Crippen LogP contribution in [0, 0.1) is 0 Å². The van der Waals surface area contributed by atoms with Gasteiger partial charge < -0.3 is 10.1 Å². The molecule has 0 aliphatic rings. The van der Waals surface area contributed by atoms with Crippen LogP contribution in [0.5, 0.6) is 5.75 Å². The number of halogens is 3. The molecule has 0 spiro atoms. The summed E-state index contributed by atoms with van der Waals surface area (Å²) in [5.41, 5.74) is 1.82. The molecule has 1 N–H and O–H groups in total. The average Bonchev–Trinajstić information content (AvgIpc) is 2.56. The molecule has 0 aromatic heterocycles. The highest BCUT2D eigenvalue weighted by atomic mass is 35.5. The Morgan fingerprint density at radius 1 is 1.00 bits per heavy atom. The quantitative estimate of drug-likeness (QED) is 0.496. The van der Waals surface area contributed by atoms with Gasteiger partial charge in [0.15, 0.2) is 0 Å². The molecule has 0 atom stereocenters. The van der Waals surface area contributed by atoms with Gasteiger partial charge in [0.2, 0.25) is 0 Å². The molecule has 2 aromatic carbocycles. The van der Waals surface area contributed by atoms with E-state index in [0.29, 0.717) is 21.7 Å². The Morgan fingerprint density at radius 3 is 2.46 bits per heavy atom. The summed E-state index contributed by atoms with van der Waals surface area (Å²) in [6.45, 7) is 4.22. The van der Waals surface area contributed by atoms with Gasteiger partial charge in [-0.3, -0.25) is 0 Å². The standard InChI is InChI=1S/C19H22Cl3NO/c1-2-3-4-10-23-12-14-11-15(20)8-9-19(14)24-13-16-17(21)6-5-7-18(16)22/h5-9,11,23H,2-4,10,12-13H2,1H3. The summed E-state index contributed by atoms with van der Waals surface area (Å²) in [5, 5.41) is 5.35. The van der Waals surface area contributed by atoms with Crippen LogP contribution in [-0.4, -0.2) is 6.54 Å². The minimum atomic E-state index is 0.322. The Hall–Kier alpha value is -0.930. The van der Waals surface area contributed by atoms with E-state index >= 15 is 0 Å². The summed E-state index contributed by atoms with van der Waals surface area (Å²) in [5.74, 6) is 0.790. The first kappa shape index (κ1) is 19.4. The minimum Gasteiger partial charge on any atom is -0.488 e. The molecule has 0 saturated heterocycles. The van der Waals surface area contributed by atoms with Crippen molar-refractivity contribution in [2.24, 2.45) is 0 Å². The fourth-order valence-electron chi connectivity index (χ4n) is 2.37. The molecule has 0 bridgehead atoms. The van der Waals surface area contributed by atoms with E-state index in [2.05, 4.69) is 12.2 Å². The van der Waals surface area contributed by atoms with E-state index < -0.39 is 0 Å². The second-order valence-electron chi connectivity index (χ2n) is 5.62. The number of unbranched alkanes of at least 4 members (excludes halogenated alkanes) is 2. The fraction of sp³-hybridized carbons (Fsp3) is 0.368. The summed E-state index contributed by atoms with van der Waals surface area (Å²) in [4.78, 5) is 0. The zero-order valence-corrected chi connectivity index (χ0v) is 16.0. The molecule has 2 nitrogen and oxygen atoms in total. The summed E-state index contributed by atoms with van der Waals surface area (Å²) in [6.07, 6.45) is 3.62. The van der Waals surface area contributed by atoms with Gasteiger partial charge in [0.1, 0.15) is 12.4 Å². The Bertz CT molecular complexity index is 641. The largest absolute Gasteiger partial charge is 0.488 e. The number of nitrogens with one attached hydrogen (secondary N) is 1. The van der Waals surface area contributed by atoms with Gasteiger partial charge in [-0.05, 0) is 43.3 Å². The third-order valence-electron chi connectivity index (χ3n) is 3.73. The summed E-state index contributed by atoms with van der Waals surface area (Å²) >= 11 is 18.5. The summed E-state index contributed by atoms with van der Waals surface area (Å²) in [6, 6.07) is 11.1. The summed E-state index contributed by atoms with van der Waals surface area (Å²) in [7, 11) is 0. The molecule has 0 fully saturated rings. The van der Waals surface area contributed by atoms with Crippen LogP contribution >= 0.6 is 34.8 Å². The number of rotatable bonds is 9. The van der Waals surface area contributed by atoms with Gasteiger partial charge in [-0.25, -0.2) is 0 Å². The molecule has 24 heavy (non-hydrogen) atoms. The van der Waals surface area contributed by atoms with Gasteiger partial charge in [-0.15, -0.1) is 0 Å².